The summed E-state index contributed by atoms with van der Waals surface area (Å²) in [7, 11) is 2.89. The molecule has 0 radical (unpaired) electrons. The molecule has 0 aromatic heterocycles. The molecule has 0 aliphatic heterocycles. The Bertz CT molecular complexity index is 150. The van der Waals surface area contributed by atoms with Crippen LogP contribution in [0, 0.1) is 12.3 Å². The maximum atomic E-state index is 10.7. The molecule has 4 nitrogen and oxygen atoms in total. The number of nitrogens with one attached hydrogen (secondary N) is 1. The Kier molecular flexibility index (Phi) is 4.09. The Hall–Kier alpha value is -1.21. The highest BCUT2D eigenvalue weighted by Crippen LogP contribution is 1.80. The van der Waals surface area contributed by atoms with Crippen molar-refractivity contribution in [2.75, 3.05) is 20.7 Å². The third-order valence-electron chi connectivity index (χ3n) is 0.902. The van der Waals surface area contributed by atoms with Gasteiger partial charge in [-0.05, 0) is 0 Å². The Morgan fingerprint density at radius 2 is 2.50 bits per heavy atom. The quantitative estimate of drug-likeness (QED) is 0.429. The number of rotatable bonds is 2. The van der Waals surface area contributed by atoms with E-state index < -0.39 is 0 Å². The normalized spacial score (nSPS) is 8.10. The van der Waals surface area contributed by atoms with Crippen molar-refractivity contribution in [3.8, 4) is 12.3 Å². The van der Waals surface area contributed by atoms with E-state index in [1.54, 1.807) is 0 Å². The van der Waals surface area contributed by atoms with Gasteiger partial charge in [0.2, 0.25) is 0 Å². The predicted octanol–water partition coefficient (Wildman–Crippen LogP) is -0.178. The average Bonchev–Trinajstić information content (AvgIpc) is 1.98. The van der Waals surface area contributed by atoms with E-state index in [2.05, 4.69) is 16.1 Å². The van der Waals surface area contributed by atoms with Crippen molar-refractivity contribution < 1.29 is 9.63 Å². The summed E-state index contributed by atoms with van der Waals surface area (Å²) in [5.74, 6) is 2.26. The highest BCUT2D eigenvalue weighted by atomic mass is 16.7. The summed E-state index contributed by atoms with van der Waals surface area (Å²) in [5, 5.41) is 3.46. The molecule has 0 bridgehead atoms. The fourth-order valence-corrected chi connectivity index (χ4v) is 0.321. The molecule has 0 unspecified atom stereocenters. The molecule has 56 valence electrons. The first-order valence-electron chi connectivity index (χ1n) is 2.71. The number of amides is 2. The molecule has 0 saturated carbocycles. The van der Waals surface area contributed by atoms with Crippen LogP contribution in [0.5, 0.6) is 0 Å². The van der Waals surface area contributed by atoms with Gasteiger partial charge in [-0.1, -0.05) is 5.92 Å². The standard InChI is InChI=1S/C6H10N2O2/c1-4-5-7-6(9)8(2)10-3/h1H,5H2,2-3H3,(H,7,9). The molecule has 2 amide bonds. The summed E-state index contributed by atoms with van der Waals surface area (Å²) in [6.07, 6.45) is 4.89. The molecule has 0 heterocycles. The molecule has 0 rings (SSSR count). The van der Waals surface area contributed by atoms with E-state index in [-0.39, 0.29) is 12.6 Å². The summed E-state index contributed by atoms with van der Waals surface area (Å²) in [6.45, 7) is 0.215. The van der Waals surface area contributed by atoms with Gasteiger partial charge < -0.3 is 5.32 Å². The molecule has 1 N–H and O–H groups in total. The van der Waals surface area contributed by atoms with Crippen molar-refractivity contribution in [3.63, 3.8) is 0 Å². The third-order valence-corrected chi connectivity index (χ3v) is 0.902. The van der Waals surface area contributed by atoms with Gasteiger partial charge >= 0.3 is 6.03 Å². The predicted molar refractivity (Wildman–Crippen MR) is 37.0 cm³/mol. The molecule has 0 saturated heterocycles. The van der Waals surface area contributed by atoms with E-state index >= 15 is 0 Å². The van der Waals surface area contributed by atoms with E-state index in [0.29, 0.717) is 0 Å². The number of terminal acetylenes is 1. The molecule has 10 heavy (non-hydrogen) atoms. The van der Waals surface area contributed by atoms with Crippen LogP contribution < -0.4 is 5.32 Å². The van der Waals surface area contributed by atoms with Crippen molar-refractivity contribution >= 4 is 6.03 Å². The van der Waals surface area contributed by atoms with Crippen LogP contribution in [0.15, 0.2) is 0 Å². The lowest BCUT2D eigenvalue weighted by molar-refractivity contribution is -0.0644. The molecule has 0 aromatic carbocycles. The van der Waals surface area contributed by atoms with Gasteiger partial charge in [0.25, 0.3) is 0 Å². The van der Waals surface area contributed by atoms with Crippen LogP contribution in [-0.4, -0.2) is 31.8 Å². The van der Waals surface area contributed by atoms with Crippen LogP contribution in [0.3, 0.4) is 0 Å². The molecular formula is C6H10N2O2. The maximum absolute atomic E-state index is 10.7. The Balaban J connectivity index is 3.54. The fraction of sp³-hybridized carbons (Fsp3) is 0.500. The summed E-state index contributed by atoms with van der Waals surface area (Å²) in [6, 6.07) is -0.347. The van der Waals surface area contributed by atoms with Crippen LogP contribution in [0.1, 0.15) is 0 Å². The lowest BCUT2D eigenvalue weighted by Crippen LogP contribution is -2.36. The Morgan fingerprint density at radius 3 is 2.90 bits per heavy atom. The van der Waals surface area contributed by atoms with E-state index in [1.165, 1.54) is 14.2 Å². The summed E-state index contributed by atoms with van der Waals surface area (Å²) >= 11 is 0. The highest BCUT2D eigenvalue weighted by molar-refractivity contribution is 5.72. The minimum Gasteiger partial charge on any atom is -0.325 e. The van der Waals surface area contributed by atoms with Gasteiger partial charge in [0.05, 0.1) is 13.7 Å². The number of carbonyl (C=O) groups is 1. The molecule has 4 heteroatoms. The van der Waals surface area contributed by atoms with Gasteiger partial charge in [-0.2, -0.15) is 0 Å². The second-order valence-electron chi connectivity index (χ2n) is 1.54. The molecular weight excluding hydrogens is 132 g/mol. The molecule has 0 aliphatic rings. The first-order valence-corrected chi connectivity index (χ1v) is 2.71. The van der Waals surface area contributed by atoms with E-state index in [9.17, 15) is 4.79 Å². The zero-order valence-corrected chi connectivity index (χ0v) is 6.05. The lowest BCUT2D eigenvalue weighted by Gasteiger charge is -2.12. The summed E-state index contributed by atoms with van der Waals surface area (Å²) in [5.41, 5.74) is 0. The van der Waals surface area contributed by atoms with Crippen LogP contribution in [0.25, 0.3) is 0 Å². The monoisotopic (exact) mass is 142 g/mol. The SMILES string of the molecule is C#CCNC(=O)N(C)OC. The largest absolute Gasteiger partial charge is 0.341 e. The second kappa shape index (κ2) is 4.65. The first-order chi connectivity index (χ1) is 4.72. The smallest absolute Gasteiger partial charge is 0.325 e. The summed E-state index contributed by atoms with van der Waals surface area (Å²) in [4.78, 5) is 15.3. The molecule has 0 aliphatic carbocycles. The third kappa shape index (κ3) is 2.95. The minimum absolute atomic E-state index is 0.215. The number of hydrogen-bond acceptors (Lipinski definition) is 2. The number of hydroxylamine groups is 2. The van der Waals surface area contributed by atoms with Gasteiger partial charge in [-0.25, -0.2) is 9.86 Å². The average molecular weight is 142 g/mol. The van der Waals surface area contributed by atoms with Crippen LogP contribution in [-0.2, 0) is 4.84 Å². The molecule has 0 fully saturated rings. The zero-order valence-electron chi connectivity index (χ0n) is 6.05. The van der Waals surface area contributed by atoms with E-state index in [4.69, 9.17) is 6.42 Å². The van der Waals surface area contributed by atoms with Crippen molar-refractivity contribution in [2.45, 2.75) is 0 Å². The highest BCUT2D eigenvalue weighted by Gasteiger charge is 2.03. The second-order valence-corrected chi connectivity index (χ2v) is 1.54. The number of nitrogens with zero attached hydrogens (tertiary/aromatic N) is 1. The van der Waals surface area contributed by atoms with Crippen molar-refractivity contribution in [1.29, 1.82) is 0 Å². The van der Waals surface area contributed by atoms with E-state index in [1.807, 2.05) is 0 Å². The molecule has 0 spiro atoms. The Labute approximate surface area is 60.1 Å². The van der Waals surface area contributed by atoms with Gasteiger partial charge in [0, 0.05) is 7.05 Å². The fourth-order valence-electron chi connectivity index (χ4n) is 0.321. The maximum Gasteiger partial charge on any atom is 0.341 e. The number of carbonyl (C=O) groups excluding carboxylic acids is 1. The molecule has 0 atom stereocenters. The number of hydrogen-bond donors (Lipinski definition) is 1. The van der Waals surface area contributed by atoms with Gasteiger partial charge in [-0.3, -0.25) is 4.84 Å². The zero-order chi connectivity index (χ0) is 7.98. The van der Waals surface area contributed by atoms with Crippen molar-refractivity contribution in [1.82, 2.24) is 10.4 Å². The van der Waals surface area contributed by atoms with Crippen molar-refractivity contribution in [3.05, 3.63) is 0 Å². The van der Waals surface area contributed by atoms with Crippen LogP contribution in [0.2, 0.25) is 0 Å². The first kappa shape index (κ1) is 8.79. The topological polar surface area (TPSA) is 41.6 Å². The summed E-state index contributed by atoms with van der Waals surface area (Å²) < 4.78 is 0. The molecule has 0 aromatic rings. The van der Waals surface area contributed by atoms with Gasteiger partial charge in [0.15, 0.2) is 0 Å². The van der Waals surface area contributed by atoms with Crippen LogP contribution in [0.4, 0.5) is 4.79 Å². The Morgan fingerprint density at radius 1 is 1.90 bits per heavy atom. The van der Waals surface area contributed by atoms with Crippen molar-refractivity contribution in [2.24, 2.45) is 0 Å². The van der Waals surface area contributed by atoms with Crippen LogP contribution >= 0.6 is 0 Å². The number of urea groups is 1. The van der Waals surface area contributed by atoms with Gasteiger partial charge in [0.1, 0.15) is 0 Å². The van der Waals surface area contributed by atoms with E-state index in [0.717, 1.165) is 5.06 Å². The lowest BCUT2D eigenvalue weighted by atomic mass is 10.7. The minimum atomic E-state index is -0.347. The van der Waals surface area contributed by atoms with Gasteiger partial charge in [-0.15, -0.1) is 6.42 Å².